The minimum absolute atomic E-state index is 0.00435. The van der Waals surface area contributed by atoms with Gasteiger partial charge in [0.15, 0.2) is 0 Å². The molecule has 1 atom stereocenters. The van der Waals surface area contributed by atoms with Gasteiger partial charge >= 0.3 is 5.51 Å². The molecular formula is C11H13ClF3NS. The van der Waals surface area contributed by atoms with Crippen LogP contribution in [-0.4, -0.2) is 17.3 Å². The normalized spacial score (nSPS) is 13.7. The van der Waals surface area contributed by atoms with Gasteiger partial charge in [-0.05, 0) is 36.4 Å². The standard InChI is InChI=1S/C11H13ClF3NS/c1-8(7-17-11(13,14)15)16-6-9-2-4-10(12)5-3-9/h2-5,8,16H,6-7H2,1H3. The number of hydrogen-bond donors (Lipinski definition) is 1. The summed E-state index contributed by atoms with van der Waals surface area (Å²) in [5, 5.41) is 3.67. The van der Waals surface area contributed by atoms with E-state index in [0.29, 0.717) is 11.6 Å². The van der Waals surface area contributed by atoms with E-state index in [1.807, 2.05) is 12.1 Å². The molecule has 0 amide bonds. The molecule has 0 aromatic heterocycles. The number of hydrogen-bond acceptors (Lipinski definition) is 2. The van der Waals surface area contributed by atoms with Gasteiger partial charge in [0.05, 0.1) is 0 Å². The van der Waals surface area contributed by atoms with Gasteiger partial charge in [0.25, 0.3) is 0 Å². The summed E-state index contributed by atoms with van der Waals surface area (Å²) in [7, 11) is 0. The second-order valence-corrected chi connectivity index (χ2v) is 5.19. The maximum Gasteiger partial charge on any atom is 0.441 e. The number of nitrogens with one attached hydrogen (secondary N) is 1. The smallest absolute Gasteiger partial charge is 0.309 e. The van der Waals surface area contributed by atoms with Crippen LogP contribution in [0.1, 0.15) is 12.5 Å². The third-order valence-electron chi connectivity index (χ3n) is 2.06. The molecular weight excluding hydrogens is 271 g/mol. The summed E-state index contributed by atoms with van der Waals surface area (Å²) in [6, 6.07) is 7.01. The zero-order valence-electron chi connectivity index (χ0n) is 9.22. The number of alkyl halides is 3. The van der Waals surface area contributed by atoms with E-state index in [1.54, 1.807) is 19.1 Å². The van der Waals surface area contributed by atoms with Crippen LogP contribution in [0.2, 0.25) is 5.02 Å². The average molecular weight is 284 g/mol. The topological polar surface area (TPSA) is 12.0 Å². The fourth-order valence-electron chi connectivity index (χ4n) is 1.17. The van der Waals surface area contributed by atoms with Crippen LogP contribution in [-0.2, 0) is 6.54 Å². The number of rotatable bonds is 5. The molecule has 1 rings (SSSR count). The van der Waals surface area contributed by atoms with Crippen LogP contribution in [0, 0.1) is 0 Å². The first-order valence-corrected chi connectivity index (χ1v) is 6.42. The van der Waals surface area contributed by atoms with Crippen LogP contribution in [0.3, 0.4) is 0 Å². The van der Waals surface area contributed by atoms with Crippen molar-refractivity contribution in [2.75, 3.05) is 5.75 Å². The van der Waals surface area contributed by atoms with Crippen molar-refractivity contribution in [3.8, 4) is 0 Å². The Hall–Kier alpha value is -0.390. The van der Waals surface area contributed by atoms with Gasteiger partial charge in [0, 0.05) is 23.4 Å². The lowest BCUT2D eigenvalue weighted by Gasteiger charge is -2.14. The van der Waals surface area contributed by atoms with Crippen molar-refractivity contribution in [2.24, 2.45) is 0 Å². The monoisotopic (exact) mass is 283 g/mol. The van der Waals surface area contributed by atoms with Crippen LogP contribution >= 0.6 is 23.4 Å². The van der Waals surface area contributed by atoms with Gasteiger partial charge in [0.2, 0.25) is 0 Å². The Morgan fingerprint density at radius 3 is 2.41 bits per heavy atom. The Balaban J connectivity index is 2.28. The highest BCUT2D eigenvalue weighted by atomic mass is 35.5. The van der Waals surface area contributed by atoms with Crippen LogP contribution in [0.15, 0.2) is 24.3 Å². The van der Waals surface area contributed by atoms with Crippen molar-refractivity contribution in [3.05, 3.63) is 34.9 Å². The Labute approximate surface area is 108 Å². The molecule has 1 unspecified atom stereocenters. The van der Waals surface area contributed by atoms with Crippen molar-refractivity contribution in [1.29, 1.82) is 0 Å². The molecule has 1 N–H and O–H groups in total. The lowest BCUT2D eigenvalue weighted by Crippen LogP contribution is -2.28. The van der Waals surface area contributed by atoms with Gasteiger partial charge in [-0.25, -0.2) is 0 Å². The van der Waals surface area contributed by atoms with E-state index in [-0.39, 0.29) is 23.6 Å². The summed E-state index contributed by atoms with van der Waals surface area (Å²) >= 11 is 5.72. The highest BCUT2D eigenvalue weighted by Gasteiger charge is 2.28. The first-order valence-electron chi connectivity index (χ1n) is 5.05. The molecule has 6 heteroatoms. The molecule has 0 aliphatic rings. The van der Waals surface area contributed by atoms with Crippen molar-refractivity contribution in [1.82, 2.24) is 5.32 Å². The zero-order chi connectivity index (χ0) is 12.9. The summed E-state index contributed by atoms with van der Waals surface area (Å²) in [4.78, 5) is 0. The molecule has 0 heterocycles. The van der Waals surface area contributed by atoms with E-state index in [4.69, 9.17) is 11.6 Å². The van der Waals surface area contributed by atoms with E-state index in [2.05, 4.69) is 5.32 Å². The van der Waals surface area contributed by atoms with Gasteiger partial charge in [-0.1, -0.05) is 23.7 Å². The molecule has 1 aromatic rings. The molecule has 1 nitrogen and oxygen atoms in total. The summed E-state index contributed by atoms with van der Waals surface area (Å²) in [6.45, 7) is 2.27. The van der Waals surface area contributed by atoms with Gasteiger partial charge in [-0.15, -0.1) is 0 Å². The Morgan fingerprint density at radius 1 is 1.29 bits per heavy atom. The fourth-order valence-corrected chi connectivity index (χ4v) is 1.86. The number of benzene rings is 1. The van der Waals surface area contributed by atoms with Crippen molar-refractivity contribution in [2.45, 2.75) is 25.0 Å². The second kappa shape index (κ2) is 6.52. The fraction of sp³-hybridized carbons (Fsp3) is 0.455. The number of thioether (sulfide) groups is 1. The van der Waals surface area contributed by atoms with Crippen LogP contribution in [0.5, 0.6) is 0 Å². The molecule has 96 valence electrons. The van der Waals surface area contributed by atoms with E-state index >= 15 is 0 Å². The largest absolute Gasteiger partial charge is 0.441 e. The lowest BCUT2D eigenvalue weighted by molar-refractivity contribution is -0.0328. The SMILES string of the molecule is CC(CSC(F)(F)F)NCc1ccc(Cl)cc1. The van der Waals surface area contributed by atoms with Crippen LogP contribution in [0.4, 0.5) is 13.2 Å². The van der Waals surface area contributed by atoms with Crippen LogP contribution < -0.4 is 5.32 Å². The predicted molar refractivity (Wildman–Crippen MR) is 66.3 cm³/mol. The quantitative estimate of drug-likeness (QED) is 0.874. The van der Waals surface area contributed by atoms with Gasteiger partial charge in [-0.3, -0.25) is 0 Å². The lowest BCUT2D eigenvalue weighted by atomic mass is 10.2. The Kier molecular flexibility index (Phi) is 5.62. The molecule has 17 heavy (non-hydrogen) atoms. The second-order valence-electron chi connectivity index (χ2n) is 3.67. The highest BCUT2D eigenvalue weighted by molar-refractivity contribution is 8.00. The van der Waals surface area contributed by atoms with E-state index in [1.165, 1.54) is 0 Å². The molecule has 0 saturated heterocycles. The van der Waals surface area contributed by atoms with E-state index < -0.39 is 5.51 Å². The van der Waals surface area contributed by atoms with Gasteiger partial charge in [0.1, 0.15) is 0 Å². The molecule has 0 saturated carbocycles. The van der Waals surface area contributed by atoms with Crippen molar-refractivity contribution >= 4 is 23.4 Å². The molecule has 0 radical (unpaired) electrons. The zero-order valence-corrected chi connectivity index (χ0v) is 10.8. The number of halogens is 4. The van der Waals surface area contributed by atoms with Crippen molar-refractivity contribution in [3.63, 3.8) is 0 Å². The highest BCUT2D eigenvalue weighted by Crippen LogP contribution is 2.30. The molecule has 0 bridgehead atoms. The third kappa shape index (κ3) is 6.81. The molecule has 0 aliphatic heterocycles. The van der Waals surface area contributed by atoms with E-state index in [9.17, 15) is 13.2 Å². The van der Waals surface area contributed by atoms with E-state index in [0.717, 1.165) is 5.56 Å². The Bertz CT molecular complexity index is 340. The third-order valence-corrected chi connectivity index (χ3v) is 3.31. The summed E-state index contributed by atoms with van der Waals surface area (Å²) in [5.41, 5.74) is -3.16. The van der Waals surface area contributed by atoms with Gasteiger partial charge in [-0.2, -0.15) is 13.2 Å². The van der Waals surface area contributed by atoms with Crippen LogP contribution in [0.25, 0.3) is 0 Å². The molecule has 0 fully saturated rings. The summed E-state index contributed by atoms with van der Waals surface area (Å²) in [5.74, 6) is 0.0110. The first-order chi connectivity index (χ1) is 7.87. The molecule has 1 aromatic carbocycles. The average Bonchev–Trinajstić information content (AvgIpc) is 2.25. The minimum Gasteiger partial charge on any atom is -0.309 e. The molecule has 0 aliphatic carbocycles. The molecule has 0 spiro atoms. The van der Waals surface area contributed by atoms with Crippen molar-refractivity contribution < 1.29 is 13.2 Å². The predicted octanol–water partition coefficient (Wildman–Crippen LogP) is 4.07. The Morgan fingerprint density at radius 2 is 1.88 bits per heavy atom. The maximum absolute atomic E-state index is 11.9. The minimum atomic E-state index is -4.16. The van der Waals surface area contributed by atoms with Gasteiger partial charge < -0.3 is 5.32 Å². The first kappa shape index (κ1) is 14.7. The summed E-state index contributed by atoms with van der Waals surface area (Å²) in [6.07, 6.45) is 0. The summed E-state index contributed by atoms with van der Waals surface area (Å²) < 4.78 is 35.8. The maximum atomic E-state index is 11.9.